The highest BCUT2D eigenvalue weighted by Gasteiger charge is 2.35. The van der Waals surface area contributed by atoms with Gasteiger partial charge in [-0.25, -0.2) is 4.79 Å². The normalized spacial score (nSPS) is 20.3. The van der Waals surface area contributed by atoms with Crippen molar-refractivity contribution in [3.63, 3.8) is 0 Å². The summed E-state index contributed by atoms with van der Waals surface area (Å²) in [5, 5.41) is 10.9. The van der Waals surface area contributed by atoms with E-state index in [-0.39, 0.29) is 34.3 Å². The summed E-state index contributed by atoms with van der Waals surface area (Å²) in [6.07, 6.45) is 0.591. The zero-order valence-corrected chi connectivity index (χ0v) is 18.2. The largest absolute Gasteiger partial charge is 0.444 e. The number of amides is 2. The monoisotopic (exact) mass is 438 g/mol. The van der Waals surface area contributed by atoms with E-state index in [4.69, 9.17) is 16.3 Å². The van der Waals surface area contributed by atoms with Crippen molar-refractivity contribution in [2.75, 3.05) is 39.3 Å². The van der Waals surface area contributed by atoms with Gasteiger partial charge in [0.2, 0.25) is 0 Å². The van der Waals surface area contributed by atoms with Crippen LogP contribution in [0.4, 0.5) is 10.5 Å². The highest BCUT2D eigenvalue weighted by atomic mass is 35.5. The summed E-state index contributed by atoms with van der Waals surface area (Å²) in [7, 11) is 0. The number of hydrogen-bond acceptors (Lipinski definition) is 6. The van der Waals surface area contributed by atoms with Crippen LogP contribution >= 0.6 is 11.6 Å². The van der Waals surface area contributed by atoms with Gasteiger partial charge in [0.25, 0.3) is 11.6 Å². The second kappa shape index (κ2) is 8.77. The van der Waals surface area contributed by atoms with Gasteiger partial charge in [-0.2, -0.15) is 0 Å². The van der Waals surface area contributed by atoms with Crippen LogP contribution in [0.25, 0.3) is 0 Å². The highest BCUT2D eigenvalue weighted by molar-refractivity contribution is 6.34. The number of halogens is 1. The van der Waals surface area contributed by atoms with Gasteiger partial charge in [0.05, 0.1) is 15.5 Å². The molecule has 0 aromatic heterocycles. The predicted octanol–water partition coefficient (Wildman–Crippen LogP) is 3.02. The maximum Gasteiger partial charge on any atom is 0.410 e. The minimum absolute atomic E-state index is 0.0837. The summed E-state index contributed by atoms with van der Waals surface area (Å²) in [4.78, 5) is 41.1. The first-order valence-electron chi connectivity index (χ1n) is 10.0. The summed E-state index contributed by atoms with van der Waals surface area (Å²) in [6.45, 7) is 9.31. The minimum Gasteiger partial charge on any atom is -0.444 e. The summed E-state index contributed by atoms with van der Waals surface area (Å²) < 4.78 is 5.45. The number of rotatable bonds is 3. The molecule has 2 fully saturated rings. The first-order chi connectivity index (χ1) is 14.0. The van der Waals surface area contributed by atoms with Crippen molar-refractivity contribution in [3.8, 4) is 0 Å². The van der Waals surface area contributed by atoms with Crippen LogP contribution < -0.4 is 0 Å². The zero-order valence-electron chi connectivity index (χ0n) is 17.5. The van der Waals surface area contributed by atoms with Gasteiger partial charge in [0, 0.05) is 57.4 Å². The van der Waals surface area contributed by atoms with E-state index in [0.29, 0.717) is 39.3 Å². The number of carbonyl (C=O) groups is 2. The van der Waals surface area contributed by atoms with E-state index in [2.05, 4.69) is 4.90 Å². The van der Waals surface area contributed by atoms with Crippen LogP contribution in [0.2, 0.25) is 5.02 Å². The van der Waals surface area contributed by atoms with Gasteiger partial charge in [-0.3, -0.25) is 19.8 Å². The quantitative estimate of drug-likeness (QED) is 0.531. The lowest BCUT2D eigenvalue weighted by Gasteiger charge is -2.38. The Kier molecular flexibility index (Phi) is 6.52. The van der Waals surface area contributed by atoms with E-state index in [0.717, 1.165) is 6.42 Å². The fraction of sp³-hybridized carbons (Fsp3) is 0.600. The number of benzene rings is 1. The van der Waals surface area contributed by atoms with Gasteiger partial charge in [0.15, 0.2) is 0 Å². The van der Waals surface area contributed by atoms with Gasteiger partial charge >= 0.3 is 6.09 Å². The molecule has 9 nitrogen and oxygen atoms in total. The summed E-state index contributed by atoms with van der Waals surface area (Å²) in [5.41, 5.74) is -0.384. The molecule has 0 radical (unpaired) electrons. The maximum absolute atomic E-state index is 12.8. The molecule has 0 spiro atoms. The number of carbonyl (C=O) groups excluding carboxylic acids is 2. The minimum atomic E-state index is -0.541. The number of likely N-dealkylation sites (tertiary alicyclic amines) is 1. The Morgan fingerprint density at radius 1 is 1.13 bits per heavy atom. The van der Waals surface area contributed by atoms with Gasteiger partial charge in [-0.05, 0) is 33.3 Å². The molecule has 1 atom stereocenters. The van der Waals surface area contributed by atoms with Crippen LogP contribution in [0, 0.1) is 10.1 Å². The Labute approximate surface area is 180 Å². The number of nitro benzene ring substituents is 1. The summed E-state index contributed by atoms with van der Waals surface area (Å²) in [5.74, 6) is -0.226. The molecule has 2 saturated heterocycles. The third kappa shape index (κ3) is 5.20. The van der Waals surface area contributed by atoms with Gasteiger partial charge < -0.3 is 14.5 Å². The van der Waals surface area contributed by atoms with Crippen molar-refractivity contribution in [3.05, 3.63) is 38.9 Å². The molecule has 164 valence electrons. The molecule has 0 bridgehead atoms. The number of hydrogen-bond donors (Lipinski definition) is 0. The van der Waals surface area contributed by atoms with Gasteiger partial charge in [-0.1, -0.05) is 11.6 Å². The van der Waals surface area contributed by atoms with E-state index >= 15 is 0 Å². The van der Waals surface area contributed by atoms with E-state index in [1.54, 1.807) is 9.80 Å². The van der Waals surface area contributed by atoms with Crippen molar-refractivity contribution in [2.45, 2.75) is 38.8 Å². The molecule has 1 aromatic carbocycles. The second-order valence-electron chi connectivity index (χ2n) is 8.62. The smallest absolute Gasteiger partial charge is 0.410 e. The van der Waals surface area contributed by atoms with Crippen molar-refractivity contribution in [2.24, 2.45) is 0 Å². The van der Waals surface area contributed by atoms with Gasteiger partial charge in [-0.15, -0.1) is 0 Å². The molecular weight excluding hydrogens is 412 g/mol. The van der Waals surface area contributed by atoms with Crippen LogP contribution in [0.15, 0.2) is 18.2 Å². The third-order valence-corrected chi connectivity index (χ3v) is 5.64. The lowest BCUT2D eigenvalue weighted by molar-refractivity contribution is -0.384. The molecule has 1 aromatic rings. The van der Waals surface area contributed by atoms with E-state index in [1.165, 1.54) is 18.2 Å². The number of nitro groups is 1. The topological polar surface area (TPSA) is 96.2 Å². The molecule has 0 aliphatic carbocycles. The Balaban J connectivity index is 1.53. The lowest BCUT2D eigenvalue weighted by Crippen LogP contribution is -2.52. The van der Waals surface area contributed by atoms with E-state index in [9.17, 15) is 19.7 Å². The van der Waals surface area contributed by atoms with Crippen LogP contribution in [-0.2, 0) is 4.74 Å². The molecule has 2 aliphatic heterocycles. The number of nitrogens with zero attached hydrogens (tertiary/aromatic N) is 4. The van der Waals surface area contributed by atoms with Crippen LogP contribution in [0.3, 0.4) is 0 Å². The Morgan fingerprint density at radius 3 is 2.37 bits per heavy atom. The first-order valence-corrected chi connectivity index (χ1v) is 10.4. The molecule has 3 rings (SSSR count). The Bertz CT molecular complexity index is 833. The van der Waals surface area contributed by atoms with Crippen LogP contribution in [0.5, 0.6) is 0 Å². The lowest BCUT2D eigenvalue weighted by atomic mass is 10.1. The average molecular weight is 439 g/mol. The molecule has 2 heterocycles. The molecule has 2 aliphatic rings. The number of non-ortho nitro benzene ring substituents is 1. The maximum atomic E-state index is 12.8. The average Bonchev–Trinajstić information content (AvgIpc) is 3.16. The molecule has 10 heteroatoms. The third-order valence-electron chi connectivity index (χ3n) is 5.33. The van der Waals surface area contributed by atoms with Crippen molar-refractivity contribution in [1.82, 2.24) is 14.7 Å². The molecule has 0 N–H and O–H groups in total. The molecule has 0 saturated carbocycles. The van der Waals surface area contributed by atoms with Crippen LogP contribution in [-0.4, -0.2) is 82.5 Å². The number of piperazine rings is 1. The van der Waals surface area contributed by atoms with Crippen molar-refractivity contribution < 1.29 is 19.2 Å². The summed E-state index contributed by atoms with van der Waals surface area (Å²) >= 11 is 6.10. The predicted molar refractivity (Wildman–Crippen MR) is 112 cm³/mol. The highest BCUT2D eigenvalue weighted by Crippen LogP contribution is 2.25. The Morgan fingerprint density at radius 2 is 1.80 bits per heavy atom. The molecule has 2 amide bonds. The molecule has 30 heavy (non-hydrogen) atoms. The fourth-order valence-corrected chi connectivity index (χ4v) is 4.04. The van der Waals surface area contributed by atoms with Crippen molar-refractivity contribution in [1.29, 1.82) is 0 Å². The Hall–Kier alpha value is -2.39. The molecule has 0 unspecified atom stereocenters. The van der Waals surface area contributed by atoms with Crippen molar-refractivity contribution >= 4 is 29.3 Å². The van der Waals surface area contributed by atoms with Gasteiger partial charge in [0.1, 0.15) is 5.60 Å². The van der Waals surface area contributed by atoms with E-state index in [1.807, 2.05) is 20.8 Å². The SMILES string of the molecule is CC(C)(C)OC(=O)N1CC[C@H](N2CCN(C(=O)c3ccc([N+](=O)[O-])cc3Cl)CC2)C1. The number of ether oxygens (including phenoxy) is 1. The molecular formula is C20H27ClN4O5. The summed E-state index contributed by atoms with van der Waals surface area (Å²) in [6, 6.07) is 4.15. The zero-order chi connectivity index (χ0) is 22.1. The first kappa shape index (κ1) is 22.3. The second-order valence-corrected chi connectivity index (χ2v) is 9.03. The van der Waals surface area contributed by atoms with Crippen LogP contribution in [0.1, 0.15) is 37.6 Å². The standard InChI is InChI=1S/C20H27ClN4O5/c1-20(2,3)30-19(27)24-7-6-15(13-24)22-8-10-23(11-9-22)18(26)16-5-4-14(25(28)29)12-17(16)21/h4-5,12,15H,6-11,13H2,1-3H3/t15-/m0/s1. The van der Waals surface area contributed by atoms with E-state index < -0.39 is 10.5 Å². The fourth-order valence-electron chi connectivity index (χ4n) is 3.78.